The Labute approximate surface area is 113 Å². The van der Waals surface area contributed by atoms with Crippen LogP contribution in [0, 0.1) is 0 Å². The summed E-state index contributed by atoms with van der Waals surface area (Å²) in [5, 5.41) is 0. The molecule has 0 atom stereocenters. The minimum atomic E-state index is 0.0413. The van der Waals surface area contributed by atoms with Crippen molar-refractivity contribution in [2.75, 3.05) is 0 Å². The maximum absolute atomic E-state index is 11.9. The van der Waals surface area contributed by atoms with Crippen LogP contribution in [-0.4, -0.2) is 9.97 Å². The molecule has 0 saturated heterocycles. The van der Waals surface area contributed by atoms with E-state index in [2.05, 4.69) is 25.9 Å². The van der Waals surface area contributed by atoms with Crippen molar-refractivity contribution in [3.63, 3.8) is 0 Å². The van der Waals surface area contributed by atoms with Crippen LogP contribution in [0.25, 0.3) is 0 Å². The van der Waals surface area contributed by atoms with Crippen molar-refractivity contribution in [1.29, 1.82) is 0 Å². The molecule has 3 nitrogen and oxygen atoms in total. The predicted molar refractivity (Wildman–Crippen MR) is 73.8 cm³/mol. The van der Waals surface area contributed by atoms with Crippen LogP contribution >= 0.6 is 15.9 Å². The Hall–Kier alpha value is -1.42. The highest BCUT2D eigenvalue weighted by molar-refractivity contribution is 9.10. The standard InChI is InChI=1S/C14H13BrN2O/c15-11-6-2-1-4-9(11)8-13-16-12-7-3-5-10(12)14(18)17-13/h1-2,4,6H,3,5,7-8H2,(H,16,17,18). The van der Waals surface area contributed by atoms with Crippen LogP contribution in [0.2, 0.25) is 0 Å². The second kappa shape index (κ2) is 4.69. The predicted octanol–water partition coefficient (Wildman–Crippen LogP) is 2.61. The Morgan fingerprint density at radius 3 is 2.94 bits per heavy atom. The van der Waals surface area contributed by atoms with Crippen LogP contribution in [0.15, 0.2) is 33.5 Å². The molecule has 3 rings (SSSR count). The summed E-state index contributed by atoms with van der Waals surface area (Å²) in [5.41, 5.74) is 3.05. The van der Waals surface area contributed by atoms with Gasteiger partial charge in [0.1, 0.15) is 5.82 Å². The number of aromatic nitrogens is 2. The molecule has 1 aromatic carbocycles. The van der Waals surface area contributed by atoms with Crippen LogP contribution in [0.3, 0.4) is 0 Å². The summed E-state index contributed by atoms with van der Waals surface area (Å²) in [6, 6.07) is 8.01. The molecule has 1 aromatic heterocycles. The first-order valence-electron chi connectivity index (χ1n) is 6.08. The van der Waals surface area contributed by atoms with Gasteiger partial charge in [0.2, 0.25) is 0 Å². The molecular formula is C14H13BrN2O. The summed E-state index contributed by atoms with van der Waals surface area (Å²) in [6.07, 6.45) is 3.50. The number of hydrogen-bond donors (Lipinski definition) is 1. The molecule has 0 saturated carbocycles. The van der Waals surface area contributed by atoms with E-state index >= 15 is 0 Å². The number of benzene rings is 1. The number of hydrogen-bond acceptors (Lipinski definition) is 2. The van der Waals surface area contributed by atoms with Gasteiger partial charge in [0.25, 0.3) is 5.56 Å². The van der Waals surface area contributed by atoms with E-state index in [0.29, 0.717) is 6.42 Å². The van der Waals surface area contributed by atoms with Crippen molar-refractivity contribution in [1.82, 2.24) is 9.97 Å². The van der Waals surface area contributed by atoms with E-state index in [1.54, 1.807) is 0 Å². The van der Waals surface area contributed by atoms with Crippen molar-refractivity contribution in [3.05, 3.63) is 61.7 Å². The molecule has 2 aromatic rings. The van der Waals surface area contributed by atoms with Crippen molar-refractivity contribution in [2.24, 2.45) is 0 Å². The smallest absolute Gasteiger partial charge is 0.254 e. The minimum absolute atomic E-state index is 0.0413. The molecule has 0 spiro atoms. The van der Waals surface area contributed by atoms with Crippen LogP contribution < -0.4 is 5.56 Å². The topological polar surface area (TPSA) is 45.8 Å². The van der Waals surface area contributed by atoms with E-state index in [1.165, 1.54) is 0 Å². The first-order valence-corrected chi connectivity index (χ1v) is 6.87. The van der Waals surface area contributed by atoms with Gasteiger partial charge >= 0.3 is 0 Å². The van der Waals surface area contributed by atoms with Crippen LogP contribution in [0.1, 0.15) is 29.1 Å². The number of halogens is 1. The normalized spacial score (nSPS) is 13.6. The van der Waals surface area contributed by atoms with E-state index in [4.69, 9.17) is 0 Å². The van der Waals surface area contributed by atoms with Gasteiger partial charge in [0, 0.05) is 16.5 Å². The van der Waals surface area contributed by atoms with E-state index in [1.807, 2.05) is 24.3 Å². The molecule has 1 heterocycles. The van der Waals surface area contributed by atoms with Gasteiger partial charge in [-0.2, -0.15) is 0 Å². The summed E-state index contributed by atoms with van der Waals surface area (Å²) in [7, 11) is 0. The van der Waals surface area contributed by atoms with Crippen LogP contribution in [0.4, 0.5) is 0 Å². The highest BCUT2D eigenvalue weighted by atomic mass is 79.9. The van der Waals surface area contributed by atoms with Crippen LogP contribution in [0.5, 0.6) is 0 Å². The lowest BCUT2D eigenvalue weighted by molar-refractivity contribution is 0.882. The fraction of sp³-hybridized carbons (Fsp3) is 0.286. The molecule has 0 unspecified atom stereocenters. The third-order valence-corrected chi connectivity index (χ3v) is 4.08. The fourth-order valence-corrected chi connectivity index (χ4v) is 2.82. The number of rotatable bonds is 2. The fourth-order valence-electron chi connectivity index (χ4n) is 2.40. The van der Waals surface area contributed by atoms with E-state index in [0.717, 1.165) is 46.4 Å². The maximum Gasteiger partial charge on any atom is 0.254 e. The van der Waals surface area contributed by atoms with Gasteiger partial charge in [-0.05, 0) is 30.9 Å². The maximum atomic E-state index is 11.9. The lowest BCUT2D eigenvalue weighted by Gasteiger charge is -2.05. The Bertz CT molecular complexity index is 648. The first kappa shape index (κ1) is 11.7. The zero-order valence-electron chi connectivity index (χ0n) is 9.87. The molecule has 1 aliphatic rings. The average molecular weight is 305 g/mol. The molecular weight excluding hydrogens is 292 g/mol. The number of H-pyrrole nitrogens is 1. The second-order valence-electron chi connectivity index (χ2n) is 4.56. The molecule has 4 heteroatoms. The molecule has 0 radical (unpaired) electrons. The number of fused-ring (bicyclic) bond motifs is 1. The monoisotopic (exact) mass is 304 g/mol. The Morgan fingerprint density at radius 1 is 1.28 bits per heavy atom. The SMILES string of the molecule is O=c1[nH]c(Cc2ccccc2Br)nc2c1CCC2. The zero-order valence-corrected chi connectivity index (χ0v) is 11.5. The van der Waals surface area contributed by atoms with Gasteiger partial charge in [0.15, 0.2) is 0 Å². The Morgan fingerprint density at radius 2 is 2.11 bits per heavy atom. The minimum Gasteiger partial charge on any atom is -0.310 e. The number of nitrogens with zero attached hydrogens (tertiary/aromatic N) is 1. The summed E-state index contributed by atoms with van der Waals surface area (Å²) < 4.78 is 1.05. The molecule has 0 fully saturated rings. The zero-order chi connectivity index (χ0) is 12.5. The third-order valence-electron chi connectivity index (χ3n) is 3.31. The van der Waals surface area contributed by atoms with Crippen molar-refractivity contribution >= 4 is 15.9 Å². The second-order valence-corrected chi connectivity index (χ2v) is 5.41. The van der Waals surface area contributed by atoms with E-state index in [9.17, 15) is 4.79 Å². The number of nitrogens with one attached hydrogen (secondary N) is 1. The molecule has 0 bridgehead atoms. The van der Waals surface area contributed by atoms with Gasteiger partial charge in [-0.1, -0.05) is 34.1 Å². The molecule has 1 N–H and O–H groups in total. The first-order chi connectivity index (χ1) is 8.74. The highest BCUT2D eigenvalue weighted by Crippen LogP contribution is 2.20. The molecule has 1 aliphatic carbocycles. The molecule has 92 valence electrons. The number of aryl methyl sites for hydroxylation is 1. The Balaban J connectivity index is 1.97. The van der Waals surface area contributed by atoms with Gasteiger partial charge in [0.05, 0.1) is 5.69 Å². The van der Waals surface area contributed by atoms with Gasteiger partial charge in [-0.3, -0.25) is 4.79 Å². The molecule has 18 heavy (non-hydrogen) atoms. The Kier molecular flexibility index (Phi) is 3.04. The lowest BCUT2D eigenvalue weighted by atomic mass is 10.1. The lowest BCUT2D eigenvalue weighted by Crippen LogP contribution is -2.17. The quantitative estimate of drug-likeness (QED) is 0.927. The summed E-state index contributed by atoms with van der Waals surface area (Å²) >= 11 is 3.51. The largest absolute Gasteiger partial charge is 0.310 e. The number of aromatic amines is 1. The van der Waals surface area contributed by atoms with Crippen molar-refractivity contribution < 1.29 is 0 Å². The third kappa shape index (κ3) is 2.12. The van der Waals surface area contributed by atoms with Gasteiger partial charge in [-0.15, -0.1) is 0 Å². The van der Waals surface area contributed by atoms with Crippen LogP contribution in [-0.2, 0) is 19.3 Å². The van der Waals surface area contributed by atoms with Gasteiger partial charge in [-0.25, -0.2) is 4.98 Å². The van der Waals surface area contributed by atoms with Crippen molar-refractivity contribution in [2.45, 2.75) is 25.7 Å². The molecule has 0 amide bonds. The summed E-state index contributed by atoms with van der Waals surface area (Å²) in [6.45, 7) is 0. The summed E-state index contributed by atoms with van der Waals surface area (Å²) in [4.78, 5) is 19.4. The van der Waals surface area contributed by atoms with E-state index < -0.39 is 0 Å². The summed E-state index contributed by atoms with van der Waals surface area (Å²) in [5.74, 6) is 0.757. The highest BCUT2D eigenvalue weighted by Gasteiger charge is 2.17. The van der Waals surface area contributed by atoms with E-state index in [-0.39, 0.29) is 5.56 Å². The molecule has 0 aliphatic heterocycles. The van der Waals surface area contributed by atoms with Crippen molar-refractivity contribution in [3.8, 4) is 0 Å². The van der Waals surface area contributed by atoms with Gasteiger partial charge < -0.3 is 4.98 Å². The average Bonchev–Trinajstić information content (AvgIpc) is 2.81.